The predicted octanol–water partition coefficient (Wildman–Crippen LogP) is 10.1. The van der Waals surface area contributed by atoms with Crippen molar-refractivity contribution in [1.82, 2.24) is 29.6 Å². The van der Waals surface area contributed by atoms with E-state index in [2.05, 4.69) is 48.5 Å². The topological polar surface area (TPSA) is 176 Å². The number of halogens is 5. The second kappa shape index (κ2) is 18.9. The minimum absolute atomic E-state index is 0.0214. The zero-order valence-electron chi connectivity index (χ0n) is 41.4. The van der Waals surface area contributed by atoms with E-state index >= 15 is 0 Å². The van der Waals surface area contributed by atoms with Crippen molar-refractivity contribution in [3.63, 3.8) is 0 Å². The summed E-state index contributed by atoms with van der Waals surface area (Å²) in [7, 11) is -0.406. The molecule has 1 saturated heterocycles. The molecule has 380 valence electrons. The van der Waals surface area contributed by atoms with Crippen molar-refractivity contribution in [1.29, 1.82) is 10.5 Å². The largest absolute Gasteiger partial charge is 0.453 e. The van der Waals surface area contributed by atoms with E-state index in [0.717, 1.165) is 66.9 Å². The lowest BCUT2D eigenvalue weighted by Gasteiger charge is -2.69. The molecule has 15 nitrogen and oxygen atoms in total. The van der Waals surface area contributed by atoms with Crippen LogP contribution in [-0.2, 0) is 36.4 Å². The lowest BCUT2D eigenvalue weighted by atomic mass is 9.34. The third-order valence-corrected chi connectivity index (χ3v) is 16.8. The van der Waals surface area contributed by atoms with Crippen molar-refractivity contribution in [2.45, 2.75) is 104 Å². The van der Waals surface area contributed by atoms with Crippen molar-refractivity contribution in [3.8, 4) is 12.1 Å². The van der Waals surface area contributed by atoms with Crippen LogP contribution in [0.1, 0.15) is 91.3 Å². The maximum absolute atomic E-state index is 14.1. The molecule has 3 aliphatic heterocycles. The molecule has 23 heteroatoms. The van der Waals surface area contributed by atoms with Gasteiger partial charge in [-0.25, -0.2) is 27.6 Å². The number of hydrazone groups is 2. The van der Waals surface area contributed by atoms with Gasteiger partial charge in [-0.3, -0.25) is 19.0 Å². The minimum atomic E-state index is -0.692. The summed E-state index contributed by atoms with van der Waals surface area (Å²) in [4.78, 5) is 26.8. The molecule has 6 aromatic rings. The van der Waals surface area contributed by atoms with Crippen LogP contribution >= 0.6 is 15.9 Å². The van der Waals surface area contributed by atoms with Crippen molar-refractivity contribution >= 4 is 83.3 Å². The van der Waals surface area contributed by atoms with Gasteiger partial charge in [0.25, 0.3) is 0 Å². The summed E-state index contributed by atoms with van der Waals surface area (Å²) in [5.74, 6) is -2.74. The van der Waals surface area contributed by atoms with E-state index < -0.39 is 46.2 Å². The summed E-state index contributed by atoms with van der Waals surface area (Å²) >= 11 is 2.89. The van der Waals surface area contributed by atoms with Gasteiger partial charge < -0.3 is 13.7 Å². The predicted molar refractivity (Wildman–Crippen MR) is 275 cm³/mol. The van der Waals surface area contributed by atoms with Gasteiger partial charge in [-0.2, -0.15) is 30.9 Å². The van der Waals surface area contributed by atoms with Crippen molar-refractivity contribution < 1.29 is 40.9 Å². The number of hydrogen-bond acceptors (Lipinski definition) is 11. The van der Waals surface area contributed by atoms with Crippen LogP contribution in [0.4, 0.5) is 17.6 Å². The first-order valence-corrected chi connectivity index (χ1v) is 25.6. The van der Waals surface area contributed by atoms with Crippen molar-refractivity contribution in [2.24, 2.45) is 31.9 Å². The Kier molecular flexibility index (Phi) is 12.7. The average Bonchev–Trinajstić information content (AvgIpc) is 4.18. The first-order chi connectivity index (χ1) is 35.8. The molecule has 0 N–H and O–H groups in total. The Morgan fingerprint density at radius 3 is 1.39 bits per heavy atom. The molecule has 2 unspecified atom stereocenters. The maximum Gasteiger partial charge on any atom is 0.426 e. The number of carbonyl (C=O) groups is 2. The summed E-state index contributed by atoms with van der Waals surface area (Å²) in [5, 5.41) is 40.4. The Hall–Kier alpha value is -6.65. The van der Waals surface area contributed by atoms with E-state index in [1.54, 1.807) is 37.0 Å². The normalized spacial score (nSPS) is 26.6. The zero-order valence-corrected chi connectivity index (χ0v) is 43.0. The number of carbonyl (C=O) groups excluding carboxylic acids is 2. The molecule has 4 bridgehead atoms. The average molecular weight is 1080 g/mol. The van der Waals surface area contributed by atoms with Gasteiger partial charge in [0.1, 0.15) is 23.3 Å². The smallest absolute Gasteiger partial charge is 0.426 e. The standard InChI is InChI=1S/C25H21F2N5O.C24H18BrF2N5O.C3H9B3O3/c1-15-19(26)7-17(8-20(15)27)22-4-5-29-32(22)23(33)25-11-24(12-25,13-25)14-31-21-3-2-16(9-28)6-18(21)10-30-31;25-21-17(26)6-15(7-18(21)27)20-3-4-29-32(20)22(33)24-10-23(11-24,12-24)13-31-19-2-1-14(8-28)5-16(19)9-30-31;1-4-7-5(2)9-6(3)8-4/h2-3,5-8,10,22H,4,11-14H2,1H3;1-2,4-7,9,20H,3,10-13H2;1-3H3. The van der Waals surface area contributed by atoms with E-state index in [4.69, 9.17) is 24.2 Å². The Balaban J connectivity index is 0.000000138. The third-order valence-electron chi connectivity index (χ3n) is 16.0. The molecule has 0 spiro atoms. The van der Waals surface area contributed by atoms with Crippen LogP contribution in [0.5, 0.6) is 0 Å². The first kappa shape index (κ1) is 50.5. The van der Waals surface area contributed by atoms with E-state index in [1.165, 1.54) is 41.2 Å². The number of hydrogen-bond donors (Lipinski definition) is 0. The monoisotopic (exact) mass is 1080 g/mol. The fraction of sp³-hybridized carbons (Fsp3) is 0.385. The van der Waals surface area contributed by atoms with Gasteiger partial charge in [0.2, 0.25) is 11.8 Å². The Morgan fingerprint density at radius 2 is 1.01 bits per heavy atom. The van der Waals surface area contributed by atoms with E-state index in [1.807, 2.05) is 54.1 Å². The van der Waals surface area contributed by atoms with Crippen molar-refractivity contribution in [3.05, 3.63) is 129 Å². The Labute approximate surface area is 439 Å². The number of aromatic nitrogens is 4. The van der Waals surface area contributed by atoms with Crippen LogP contribution in [-0.4, -0.2) is 75.2 Å². The van der Waals surface area contributed by atoms with E-state index in [-0.39, 0.29) is 54.0 Å². The van der Waals surface area contributed by atoms with Crippen molar-refractivity contribution in [2.75, 3.05) is 0 Å². The number of nitrogens with zero attached hydrogens (tertiary/aromatic N) is 10. The second-order valence-electron chi connectivity index (χ2n) is 21.4. The van der Waals surface area contributed by atoms with Gasteiger partial charge in [-0.15, -0.1) is 0 Å². The number of amides is 2. The fourth-order valence-electron chi connectivity index (χ4n) is 12.8. The Morgan fingerprint density at radius 1 is 0.640 bits per heavy atom. The molecule has 9 aliphatic rings. The summed E-state index contributed by atoms with van der Waals surface area (Å²) < 4.78 is 75.4. The third kappa shape index (κ3) is 8.94. The molecule has 5 heterocycles. The highest BCUT2D eigenvalue weighted by Crippen LogP contribution is 2.76. The molecule has 0 radical (unpaired) electrons. The van der Waals surface area contributed by atoms with Gasteiger partial charge in [-0.1, -0.05) is 0 Å². The zero-order chi connectivity index (χ0) is 52.8. The molecular weight excluding hydrogens is 1030 g/mol. The van der Waals surface area contributed by atoms with Crippen LogP contribution in [0.3, 0.4) is 0 Å². The number of nitriles is 2. The highest BCUT2D eigenvalue weighted by atomic mass is 79.9. The summed E-state index contributed by atoms with van der Waals surface area (Å²) in [5.41, 5.74) is 3.13. The Bertz CT molecular complexity index is 3170. The lowest BCUT2D eigenvalue weighted by Crippen LogP contribution is -2.68. The molecule has 6 saturated carbocycles. The van der Waals surface area contributed by atoms with Crippen LogP contribution in [0.25, 0.3) is 21.8 Å². The van der Waals surface area contributed by atoms with Crippen LogP contribution in [0, 0.1) is 74.5 Å². The SMILES string of the molecule is CB1OB(C)OB(C)O1.Cc1c(F)cc(C2CC=NN2C(=O)C23CC(Cn4ncc5cc(C#N)ccc54)(C2)C3)cc1F.N#Cc1ccc2c(cnn2CC23CC(C(=O)N4N=CCC4c4cc(F)c(Br)c(F)c4)(C2)C3)c1. The van der Waals surface area contributed by atoms with Gasteiger partial charge in [-0.05, 0) is 164 Å². The van der Waals surface area contributed by atoms with E-state index in [0.29, 0.717) is 41.6 Å². The summed E-state index contributed by atoms with van der Waals surface area (Å²) in [6.07, 6.45) is 12.2. The second-order valence-corrected chi connectivity index (χ2v) is 22.2. The number of rotatable bonds is 8. The highest BCUT2D eigenvalue weighted by molar-refractivity contribution is 9.10. The van der Waals surface area contributed by atoms with Gasteiger partial charge in [0.05, 0.1) is 74.1 Å². The number of benzene rings is 4. The molecule has 75 heavy (non-hydrogen) atoms. The van der Waals surface area contributed by atoms with Crippen LogP contribution in [0.15, 0.2) is 87.7 Å². The summed E-state index contributed by atoms with van der Waals surface area (Å²) in [6.45, 7) is 8.40. The van der Waals surface area contributed by atoms with Gasteiger partial charge in [0.15, 0.2) is 0 Å². The van der Waals surface area contributed by atoms with Crippen LogP contribution in [0.2, 0.25) is 20.5 Å². The highest BCUT2D eigenvalue weighted by Gasteiger charge is 2.73. The maximum atomic E-state index is 14.1. The molecule has 6 aliphatic carbocycles. The molecule has 4 aromatic carbocycles. The lowest BCUT2D eigenvalue weighted by molar-refractivity contribution is -0.223. The van der Waals surface area contributed by atoms with Gasteiger partial charge in [0, 0.05) is 54.7 Å². The molecule has 15 rings (SSSR count). The molecule has 2 aromatic heterocycles. The molecule has 7 fully saturated rings. The fourth-order valence-corrected chi connectivity index (χ4v) is 13.0. The quantitative estimate of drug-likeness (QED) is 0.0816. The molecule has 2 atom stereocenters. The minimum Gasteiger partial charge on any atom is -0.453 e. The first-order valence-electron chi connectivity index (χ1n) is 24.8. The molecule has 2 amide bonds. The van der Waals surface area contributed by atoms with E-state index in [9.17, 15) is 27.2 Å². The van der Waals surface area contributed by atoms with Gasteiger partial charge >= 0.3 is 21.4 Å². The van der Waals surface area contributed by atoms with Crippen LogP contribution < -0.4 is 0 Å². The summed E-state index contributed by atoms with van der Waals surface area (Å²) in [6, 6.07) is 19.5. The molecular formula is C52H48B3BrF4N10O5. The number of fused-ring (bicyclic) bond motifs is 2.